The van der Waals surface area contributed by atoms with Crippen molar-refractivity contribution < 1.29 is 9.53 Å². The third kappa shape index (κ3) is 7.75. The van der Waals surface area contributed by atoms with E-state index >= 15 is 0 Å². The molecule has 25 heavy (non-hydrogen) atoms. The summed E-state index contributed by atoms with van der Waals surface area (Å²) >= 11 is 1.38. The minimum Gasteiger partial charge on any atom is -0.381 e. The summed E-state index contributed by atoms with van der Waals surface area (Å²) in [4.78, 5) is 11.9. The molecular weight excluding hydrogens is 334 g/mol. The largest absolute Gasteiger partial charge is 0.381 e. The van der Waals surface area contributed by atoms with Gasteiger partial charge < -0.3 is 10.1 Å². The monoisotopic (exact) mass is 361 g/mol. The van der Waals surface area contributed by atoms with Crippen LogP contribution in [0.4, 0.5) is 5.13 Å². The maximum Gasteiger partial charge on any atom is 0.228 e. The number of benzene rings is 1. The number of rotatable bonds is 12. The van der Waals surface area contributed by atoms with Crippen LogP contribution in [0.2, 0.25) is 0 Å². The third-order valence-electron chi connectivity index (χ3n) is 3.81. The van der Waals surface area contributed by atoms with Crippen molar-refractivity contribution in [1.82, 2.24) is 10.2 Å². The molecule has 0 radical (unpaired) electrons. The molecule has 5 nitrogen and oxygen atoms in total. The highest BCUT2D eigenvalue weighted by Crippen LogP contribution is 2.25. The van der Waals surface area contributed by atoms with Crippen LogP contribution < -0.4 is 5.32 Å². The van der Waals surface area contributed by atoms with Gasteiger partial charge in [0, 0.05) is 12.2 Å². The summed E-state index contributed by atoms with van der Waals surface area (Å²) in [5.41, 5.74) is 1.00. The van der Waals surface area contributed by atoms with Crippen LogP contribution in [0.25, 0.3) is 10.6 Å². The standard InChI is InChI=1S/C19H27N3O2S/c1-2-3-4-5-6-10-14-24-15-13-17(23)20-19-22-21-18(25-19)16-11-8-7-9-12-16/h7-9,11-12H,2-6,10,13-15H2,1H3,(H,20,22,23). The molecule has 1 heterocycles. The van der Waals surface area contributed by atoms with Crippen molar-refractivity contribution in [2.24, 2.45) is 0 Å². The fourth-order valence-electron chi connectivity index (χ4n) is 2.40. The number of anilines is 1. The van der Waals surface area contributed by atoms with E-state index in [1.165, 1.54) is 43.4 Å². The number of unbranched alkanes of at least 4 members (excludes halogenated alkanes) is 5. The first-order valence-corrected chi connectivity index (χ1v) is 9.87. The van der Waals surface area contributed by atoms with Crippen molar-refractivity contribution in [3.8, 4) is 10.6 Å². The van der Waals surface area contributed by atoms with Crippen LogP contribution in [-0.2, 0) is 9.53 Å². The van der Waals surface area contributed by atoms with E-state index in [0.717, 1.165) is 23.6 Å². The number of carbonyl (C=O) groups is 1. The van der Waals surface area contributed by atoms with E-state index in [1.54, 1.807) is 0 Å². The van der Waals surface area contributed by atoms with E-state index in [4.69, 9.17) is 4.74 Å². The molecule has 1 amide bonds. The zero-order chi connectivity index (χ0) is 17.7. The zero-order valence-corrected chi connectivity index (χ0v) is 15.7. The second kappa shape index (κ2) is 11.7. The van der Waals surface area contributed by atoms with Crippen LogP contribution >= 0.6 is 11.3 Å². The Morgan fingerprint density at radius 1 is 1.04 bits per heavy atom. The van der Waals surface area contributed by atoms with Crippen LogP contribution in [0.1, 0.15) is 51.9 Å². The number of hydrogen-bond donors (Lipinski definition) is 1. The third-order valence-corrected chi connectivity index (χ3v) is 4.70. The highest BCUT2D eigenvalue weighted by Gasteiger charge is 2.09. The van der Waals surface area contributed by atoms with Gasteiger partial charge >= 0.3 is 0 Å². The highest BCUT2D eigenvalue weighted by atomic mass is 32.1. The van der Waals surface area contributed by atoms with Crippen molar-refractivity contribution in [2.45, 2.75) is 51.9 Å². The number of amides is 1. The Balaban J connectivity index is 1.57. The molecule has 6 heteroatoms. The minimum atomic E-state index is -0.0845. The lowest BCUT2D eigenvalue weighted by Gasteiger charge is -2.04. The molecule has 0 spiro atoms. The van der Waals surface area contributed by atoms with E-state index in [9.17, 15) is 4.79 Å². The molecule has 0 saturated carbocycles. The molecule has 0 atom stereocenters. The molecule has 0 aliphatic carbocycles. The van der Waals surface area contributed by atoms with Crippen LogP contribution in [-0.4, -0.2) is 29.3 Å². The Hall–Kier alpha value is -1.79. The van der Waals surface area contributed by atoms with Gasteiger partial charge in [-0.1, -0.05) is 80.7 Å². The van der Waals surface area contributed by atoms with Gasteiger partial charge in [-0.15, -0.1) is 10.2 Å². The average molecular weight is 362 g/mol. The lowest BCUT2D eigenvalue weighted by Crippen LogP contribution is -2.14. The first-order valence-electron chi connectivity index (χ1n) is 9.06. The highest BCUT2D eigenvalue weighted by molar-refractivity contribution is 7.18. The van der Waals surface area contributed by atoms with Gasteiger partial charge in [-0.05, 0) is 6.42 Å². The molecule has 136 valence electrons. The molecular formula is C19H27N3O2S. The summed E-state index contributed by atoms with van der Waals surface area (Å²) in [6.45, 7) is 3.40. The number of nitrogens with one attached hydrogen (secondary N) is 1. The van der Waals surface area contributed by atoms with Gasteiger partial charge in [-0.2, -0.15) is 0 Å². The molecule has 2 rings (SSSR count). The Kier molecular flexibility index (Phi) is 9.15. The fraction of sp³-hybridized carbons (Fsp3) is 0.526. The molecule has 0 aliphatic heterocycles. The van der Waals surface area contributed by atoms with Crippen molar-refractivity contribution in [3.63, 3.8) is 0 Å². The molecule has 1 aromatic heterocycles. The summed E-state index contributed by atoms with van der Waals surface area (Å²) in [5.74, 6) is -0.0845. The maximum atomic E-state index is 11.9. The maximum absolute atomic E-state index is 11.9. The molecule has 0 unspecified atom stereocenters. The number of nitrogens with zero attached hydrogens (tertiary/aromatic N) is 2. The second-order valence-electron chi connectivity index (χ2n) is 5.96. The van der Waals surface area contributed by atoms with Crippen molar-refractivity contribution in [3.05, 3.63) is 30.3 Å². The molecule has 2 aromatic rings. The van der Waals surface area contributed by atoms with Gasteiger partial charge in [0.25, 0.3) is 0 Å². The van der Waals surface area contributed by atoms with Gasteiger partial charge in [0.1, 0.15) is 5.01 Å². The zero-order valence-electron chi connectivity index (χ0n) is 14.9. The summed E-state index contributed by atoms with van der Waals surface area (Å²) in [6.07, 6.45) is 7.80. The van der Waals surface area contributed by atoms with E-state index < -0.39 is 0 Å². The van der Waals surface area contributed by atoms with E-state index in [0.29, 0.717) is 18.2 Å². The lowest BCUT2D eigenvalue weighted by atomic mass is 10.1. The smallest absolute Gasteiger partial charge is 0.228 e. The van der Waals surface area contributed by atoms with Crippen LogP contribution in [0.3, 0.4) is 0 Å². The number of hydrogen-bond acceptors (Lipinski definition) is 5. The molecule has 1 N–H and O–H groups in total. The first kappa shape index (κ1) is 19.5. The number of ether oxygens (including phenoxy) is 1. The molecule has 0 bridgehead atoms. The van der Waals surface area contributed by atoms with Crippen molar-refractivity contribution >= 4 is 22.4 Å². The predicted octanol–water partition coefficient (Wildman–Crippen LogP) is 4.91. The van der Waals surface area contributed by atoms with Crippen LogP contribution in [0, 0.1) is 0 Å². The van der Waals surface area contributed by atoms with Crippen LogP contribution in [0.5, 0.6) is 0 Å². The molecule has 0 fully saturated rings. The summed E-state index contributed by atoms with van der Waals surface area (Å²) in [7, 11) is 0. The van der Waals surface area contributed by atoms with E-state index in [1.807, 2.05) is 30.3 Å². The predicted molar refractivity (Wildman–Crippen MR) is 103 cm³/mol. The fourth-order valence-corrected chi connectivity index (χ4v) is 3.17. The average Bonchev–Trinajstić information content (AvgIpc) is 3.09. The van der Waals surface area contributed by atoms with Gasteiger partial charge in [0.05, 0.1) is 13.0 Å². The van der Waals surface area contributed by atoms with E-state index in [2.05, 4.69) is 22.4 Å². The molecule has 1 aromatic carbocycles. The Bertz CT molecular complexity index is 616. The first-order chi connectivity index (χ1) is 12.3. The van der Waals surface area contributed by atoms with Gasteiger partial charge in [-0.3, -0.25) is 4.79 Å². The van der Waals surface area contributed by atoms with Crippen molar-refractivity contribution in [1.29, 1.82) is 0 Å². The molecule has 0 saturated heterocycles. The van der Waals surface area contributed by atoms with Gasteiger partial charge in [0.2, 0.25) is 11.0 Å². The second-order valence-corrected chi connectivity index (χ2v) is 6.93. The quantitative estimate of drug-likeness (QED) is 0.546. The Labute approximate surface area is 153 Å². The van der Waals surface area contributed by atoms with Gasteiger partial charge in [0.15, 0.2) is 0 Å². The summed E-state index contributed by atoms with van der Waals surface area (Å²) in [6, 6.07) is 9.81. The Morgan fingerprint density at radius 2 is 1.80 bits per heavy atom. The number of aromatic nitrogens is 2. The van der Waals surface area contributed by atoms with Crippen molar-refractivity contribution in [2.75, 3.05) is 18.5 Å². The summed E-state index contributed by atoms with van der Waals surface area (Å²) < 4.78 is 5.53. The topological polar surface area (TPSA) is 64.1 Å². The Morgan fingerprint density at radius 3 is 2.60 bits per heavy atom. The van der Waals surface area contributed by atoms with Gasteiger partial charge in [-0.25, -0.2) is 0 Å². The van der Waals surface area contributed by atoms with E-state index in [-0.39, 0.29) is 5.91 Å². The molecule has 0 aliphatic rings. The SMILES string of the molecule is CCCCCCCCOCCC(=O)Nc1nnc(-c2ccccc2)s1. The normalized spacial score (nSPS) is 10.8. The lowest BCUT2D eigenvalue weighted by molar-refractivity contribution is -0.117. The summed E-state index contributed by atoms with van der Waals surface area (Å²) in [5, 5.41) is 12.2. The minimum absolute atomic E-state index is 0.0845. The number of carbonyl (C=O) groups excluding carboxylic acids is 1. The van der Waals surface area contributed by atoms with Crippen LogP contribution in [0.15, 0.2) is 30.3 Å².